The molecular formula is C23H20ClN3O3S. The number of benzene rings is 2. The van der Waals surface area contributed by atoms with E-state index in [1.807, 2.05) is 43.3 Å². The van der Waals surface area contributed by atoms with Gasteiger partial charge in [0.1, 0.15) is 5.60 Å². The summed E-state index contributed by atoms with van der Waals surface area (Å²) in [6.07, 6.45) is 3.34. The molecule has 3 heterocycles. The molecule has 0 aromatic heterocycles. The Morgan fingerprint density at radius 3 is 2.71 bits per heavy atom. The maximum absolute atomic E-state index is 13.3. The standard InChI is InChI=1S/C23H20ClN3O3S/c1-13-3-2-4-15(11-13)26-22(31)25-12-23-10-9-17(30-23)18-19(23)21(29)27(20(18)28)16-7-5-14(24)6-8-16/h2-11,17-19H,12H2,1H3,(H2,25,26,31)/t17-,18-,19+,23-/m1/s1. The van der Waals surface area contributed by atoms with Gasteiger partial charge in [0.2, 0.25) is 11.8 Å². The van der Waals surface area contributed by atoms with Crippen molar-refractivity contribution < 1.29 is 14.3 Å². The molecule has 5 rings (SSSR count). The first kappa shape index (κ1) is 20.2. The summed E-state index contributed by atoms with van der Waals surface area (Å²) in [4.78, 5) is 27.7. The van der Waals surface area contributed by atoms with Crippen LogP contribution in [-0.4, -0.2) is 35.2 Å². The van der Waals surface area contributed by atoms with E-state index in [0.29, 0.717) is 15.8 Å². The van der Waals surface area contributed by atoms with Crippen molar-refractivity contribution in [3.8, 4) is 0 Å². The van der Waals surface area contributed by atoms with E-state index in [2.05, 4.69) is 10.6 Å². The van der Waals surface area contributed by atoms with Crippen molar-refractivity contribution in [2.45, 2.75) is 18.6 Å². The predicted molar refractivity (Wildman–Crippen MR) is 123 cm³/mol. The molecule has 158 valence electrons. The molecule has 2 saturated heterocycles. The topological polar surface area (TPSA) is 70.7 Å². The SMILES string of the molecule is Cc1cccc(NC(=S)NC[C@@]23C=C[C@@H](O2)[C@H]2C(=O)N(c4ccc(Cl)cc4)C(=O)[C@H]23)c1. The van der Waals surface area contributed by atoms with Crippen LogP contribution in [0.4, 0.5) is 11.4 Å². The Morgan fingerprint density at radius 2 is 1.97 bits per heavy atom. The highest BCUT2D eigenvalue weighted by Crippen LogP contribution is 2.52. The van der Waals surface area contributed by atoms with Crippen molar-refractivity contribution in [1.82, 2.24) is 5.32 Å². The molecular weight excluding hydrogens is 434 g/mol. The van der Waals surface area contributed by atoms with Crippen LogP contribution in [0.3, 0.4) is 0 Å². The normalized spacial score (nSPS) is 28.2. The van der Waals surface area contributed by atoms with Gasteiger partial charge < -0.3 is 15.4 Å². The number of amides is 2. The van der Waals surface area contributed by atoms with Crippen molar-refractivity contribution in [3.05, 3.63) is 71.3 Å². The van der Waals surface area contributed by atoms with E-state index in [0.717, 1.165) is 11.3 Å². The second-order valence-corrected chi connectivity index (χ2v) is 8.91. The average molecular weight is 454 g/mol. The highest BCUT2D eigenvalue weighted by atomic mass is 35.5. The van der Waals surface area contributed by atoms with Gasteiger partial charge in [-0.05, 0) is 61.1 Å². The fourth-order valence-corrected chi connectivity index (χ4v) is 4.98. The summed E-state index contributed by atoms with van der Waals surface area (Å²) in [7, 11) is 0. The number of aryl methyl sites for hydroxylation is 1. The van der Waals surface area contributed by atoms with E-state index in [4.69, 9.17) is 28.6 Å². The summed E-state index contributed by atoms with van der Waals surface area (Å²) in [5.41, 5.74) is 1.60. The minimum absolute atomic E-state index is 0.242. The number of carbonyl (C=O) groups excluding carboxylic acids is 2. The molecule has 2 aromatic carbocycles. The molecule has 8 heteroatoms. The molecule has 3 aliphatic rings. The summed E-state index contributed by atoms with van der Waals surface area (Å²) in [5, 5.41) is 7.28. The van der Waals surface area contributed by atoms with Crippen molar-refractivity contribution in [2.75, 3.05) is 16.8 Å². The maximum atomic E-state index is 13.3. The lowest BCUT2D eigenvalue weighted by atomic mass is 9.77. The van der Waals surface area contributed by atoms with Crippen molar-refractivity contribution in [2.24, 2.45) is 11.8 Å². The lowest BCUT2D eigenvalue weighted by Gasteiger charge is -2.29. The van der Waals surface area contributed by atoms with Crippen LogP contribution in [0.25, 0.3) is 0 Å². The van der Waals surface area contributed by atoms with Gasteiger partial charge in [0.15, 0.2) is 5.11 Å². The van der Waals surface area contributed by atoms with Crippen LogP contribution < -0.4 is 15.5 Å². The van der Waals surface area contributed by atoms with Crippen molar-refractivity contribution >= 4 is 52.1 Å². The van der Waals surface area contributed by atoms with Gasteiger partial charge in [0.25, 0.3) is 0 Å². The third-order valence-corrected chi connectivity index (χ3v) is 6.54. The fraction of sp³-hybridized carbons (Fsp3) is 0.261. The second-order valence-electron chi connectivity index (χ2n) is 8.07. The van der Waals surface area contributed by atoms with Crippen LogP contribution in [0, 0.1) is 18.8 Å². The average Bonchev–Trinajstić information content (AvgIpc) is 3.38. The lowest BCUT2D eigenvalue weighted by molar-refractivity contribution is -0.126. The Bertz CT molecular complexity index is 1120. The Kier molecular flexibility index (Phi) is 4.84. The molecule has 6 nitrogen and oxygen atoms in total. The molecule has 2 amide bonds. The monoisotopic (exact) mass is 453 g/mol. The summed E-state index contributed by atoms with van der Waals surface area (Å²) >= 11 is 11.4. The molecule has 2 N–H and O–H groups in total. The zero-order chi connectivity index (χ0) is 21.8. The Labute approximate surface area is 190 Å². The third-order valence-electron chi connectivity index (χ3n) is 6.04. The van der Waals surface area contributed by atoms with Gasteiger partial charge in [-0.25, -0.2) is 4.90 Å². The number of imide groups is 1. The van der Waals surface area contributed by atoms with Gasteiger partial charge in [0.05, 0.1) is 30.2 Å². The molecule has 0 spiro atoms. The Morgan fingerprint density at radius 1 is 1.19 bits per heavy atom. The molecule has 31 heavy (non-hydrogen) atoms. The number of nitrogens with zero attached hydrogens (tertiary/aromatic N) is 1. The van der Waals surface area contributed by atoms with E-state index < -0.39 is 23.5 Å². The van der Waals surface area contributed by atoms with Crippen LogP contribution in [0.5, 0.6) is 0 Å². The van der Waals surface area contributed by atoms with E-state index >= 15 is 0 Å². The van der Waals surface area contributed by atoms with Crippen LogP contribution in [0.1, 0.15) is 5.56 Å². The largest absolute Gasteiger partial charge is 0.360 e. The molecule has 0 aliphatic carbocycles. The number of ether oxygens (including phenoxy) is 1. The molecule has 2 aromatic rings. The maximum Gasteiger partial charge on any atom is 0.241 e. The first-order chi connectivity index (χ1) is 14.9. The number of thiocarbonyl (C=S) groups is 1. The van der Waals surface area contributed by atoms with Crippen LogP contribution >= 0.6 is 23.8 Å². The van der Waals surface area contributed by atoms with Gasteiger partial charge in [-0.2, -0.15) is 0 Å². The lowest BCUT2D eigenvalue weighted by Crippen LogP contribution is -2.49. The fourth-order valence-electron chi connectivity index (χ4n) is 4.67. The van der Waals surface area contributed by atoms with Crippen molar-refractivity contribution in [3.63, 3.8) is 0 Å². The van der Waals surface area contributed by atoms with Crippen LogP contribution in [0.2, 0.25) is 5.02 Å². The number of rotatable bonds is 4. The number of fused-ring (bicyclic) bond motifs is 5. The summed E-state index contributed by atoms with van der Waals surface area (Å²) in [6.45, 7) is 2.29. The van der Waals surface area contributed by atoms with E-state index in [1.165, 1.54) is 4.90 Å². The highest BCUT2D eigenvalue weighted by molar-refractivity contribution is 7.80. The smallest absolute Gasteiger partial charge is 0.241 e. The number of carbonyl (C=O) groups is 2. The zero-order valence-electron chi connectivity index (χ0n) is 16.7. The molecule has 4 atom stereocenters. The zero-order valence-corrected chi connectivity index (χ0v) is 18.2. The first-order valence-corrected chi connectivity index (χ1v) is 10.8. The molecule has 3 aliphatic heterocycles. The molecule has 0 unspecified atom stereocenters. The Hall–Kier alpha value is -2.74. The molecule has 2 bridgehead atoms. The van der Waals surface area contributed by atoms with E-state index in [9.17, 15) is 9.59 Å². The van der Waals surface area contributed by atoms with E-state index in [1.54, 1.807) is 24.3 Å². The van der Waals surface area contributed by atoms with Gasteiger partial charge >= 0.3 is 0 Å². The summed E-state index contributed by atoms with van der Waals surface area (Å²) in [6, 6.07) is 14.6. The Balaban J connectivity index is 1.34. The van der Waals surface area contributed by atoms with Gasteiger partial charge in [-0.1, -0.05) is 35.9 Å². The number of hydrogen-bond donors (Lipinski definition) is 2. The number of halogens is 1. The highest BCUT2D eigenvalue weighted by Gasteiger charge is 2.67. The summed E-state index contributed by atoms with van der Waals surface area (Å²) in [5.74, 6) is -1.63. The predicted octanol–water partition coefficient (Wildman–Crippen LogP) is 3.45. The number of anilines is 2. The summed E-state index contributed by atoms with van der Waals surface area (Å²) < 4.78 is 6.14. The van der Waals surface area contributed by atoms with Crippen molar-refractivity contribution in [1.29, 1.82) is 0 Å². The molecule has 2 fully saturated rings. The molecule has 0 saturated carbocycles. The van der Waals surface area contributed by atoms with Gasteiger partial charge in [-0.15, -0.1) is 0 Å². The van der Waals surface area contributed by atoms with Crippen LogP contribution in [0.15, 0.2) is 60.7 Å². The molecule has 0 radical (unpaired) electrons. The first-order valence-electron chi connectivity index (χ1n) is 10.00. The van der Waals surface area contributed by atoms with Gasteiger partial charge in [0, 0.05) is 10.7 Å². The van der Waals surface area contributed by atoms with Gasteiger partial charge in [-0.3, -0.25) is 9.59 Å². The number of nitrogens with one attached hydrogen (secondary N) is 2. The minimum atomic E-state index is -0.915. The van der Waals surface area contributed by atoms with E-state index in [-0.39, 0.29) is 18.4 Å². The third kappa shape index (κ3) is 3.33. The minimum Gasteiger partial charge on any atom is -0.360 e. The second kappa shape index (κ2) is 7.44. The number of hydrogen-bond acceptors (Lipinski definition) is 4. The van der Waals surface area contributed by atoms with Crippen LogP contribution in [-0.2, 0) is 14.3 Å². The quantitative estimate of drug-likeness (QED) is 0.420.